The van der Waals surface area contributed by atoms with Gasteiger partial charge in [0.15, 0.2) is 5.78 Å². The van der Waals surface area contributed by atoms with E-state index in [0.29, 0.717) is 10.4 Å². The SMILES string of the molecule is C#CCN(C)C(=O)c1cc(C(C)=O)cs1. The molecule has 3 nitrogen and oxygen atoms in total. The minimum Gasteiger partial charge on any atom is -0.330 e. The number of rotatable bonds is 3. The zero-order valence-electron chi connectivity index (χ0n) is 8.61. The van der Waals surface area contributed by atoms with Gasteiger partial charge in [0.05, 0.1) is 11.4 Å². The molecule has 0 atom stereocenters. The summed E-state index contributed by atoms with van der Waals surface area (Å²) in [5, 5.41) is 1.68. The van der Waals surface area contributed by atoms with Gasteiger partial charge in [-0.15, -0.1) is 17.8 Å². The van der Waals surface area contributed by atoms with Gasteiger partial charge >= 0.3 is 0 Å². The van der Waals surface area contributed by atoms with Crippen molar-refractivity contribution in [1.29, 1.82) is 0 Å². The molecule has 15 heavy (non-hydrogen) atoms. The van der Waals surface area contributed by atoms with E-state index in [1.54, 1.807) is 18.5 Å². The van der Waals surface area contributed by atoms with E-state index in [2.05, 4.69) is 5.92 Å². The zero-order chi connectivity index (χ0) is 11.4. The smallest absolute Gasteiger partial charge is 0.264 e. The van der Waals surface area contributed by atoms with Crippen LogP contribution in [0.25, 0.3) is 0 Å². The van der Waals surface area contributed by atoms with Crippen LogP contribution in [0.15, 0.2) is 11.4 Å². The molecular formula is C11H11NO2S. The minimum atomic E-state index is -0.148. The van der Waals surface area contributed by atoms with Gasteiger partial charge in [-0.25, -0.2) is 0 Å². The molecule has 0 unspecified atom stereocenters. The van der Waals surface area contributed by atoms with E-state index >= 15 is 0 Å². The first kappa shape index (κ1) is 11.5. The quantitative estimate of drug-likeness (QED) is 0.575. The van der Waals surface area contributed by atoms with Crippen molar-refractivity contribution in [3.8, 4) is 12.3 Å². The maximum absolute atomic E-state index is 11.7. The van der Waals surface area contributed by atoms with Gasteiger partial charge in [-0.3, -0.25) is 9.59 Å². The molecule has 1 aromatic rings. The van der Waals surface area contributed by atoms with Crippen LogP contribution in [-0.2, 0) is 0 Å². The van der Waals surface area contributed by atoms with Crippen LogP contribution in [0.1, 0.15) is 27.0 Å². The molecule has 0 radical (unpaired) electrons. The zero-order valence-corrected chi connectivity index (χ0v) is 9.43. The van der Waals surface area contributed by atoms with Crippen LogP contribution in [-0.4, -0.2) is 30.2 Å². The molecule has 0 bridgehead atoms. The summed E-state index contributed by atoms with van der Waals surface area (Å²) in [7, 11) is 1.63. The van der Waals surface area contributed by atoms with Crippen LogP contribution in [0, 0.1) is 12.3 Å². The lowest BCUT2D eigenvalue weighted by Gasteiger charge is -2.11. The van der Waals surface area contributed by atoms with E-state index in [9.17, 15) is 9.59 Å². The number of thiophene rings is 1. The maximum atomic E-state index is 11.7. The Hall–Kier alpha value is -1.60. The summed E-state index contributed by atoms with van der Waals surface area (Å²) in [6.07, 6.45) is 5.10. The molecule has 0 aromatic carbocycles. The van der Waals surface area contributed by atoms with Crippen molar-refractivity contribution in [2.45, 2.75) is 6.92 Å². The number of terminal acetylenes is 1. The van der Waals surface area contributed by atoms with E-state index < -0.39 is 0 Å². The number of hydrogen-bond donors (Lipinski definition) is 0. The average molecular weight is 221 g/mol. The third-order valence-corrected chi connectivity index (χ3v) is 2.81. The highest BCUT2D eigenvalue weighted by Gasteiger charge is 2.14. The van der Waals surface area contributed by atoms with Crippen molar-refractivity contribution in [3.05, 3.63) is 21.9 Å². The van der Waals surface area contributed by atoms with Gasteiger partial charge in [0.25, 0.3) is 5.91 Å². The Balaban J connectivity index is 2.84. The van der Waals surface area contributed by atoms with Crippen molar-refractivity contribution in [3.63, 3.8) is 0 Å². The molecule has 0 N–H and O–H groups in total. The summed E-state index contributed by atoms with van der Waals surface area (Å²) in [6, 6.07) is 1.60. The van der Waals surface area contributed by atoms with Gasteiger partial charge < -0.3 is 4.90 Å². The summed E-state index contributed by atoms with van der Waals surface area (Å²) in [4.78, 5) is 24.7. The number of amides is 1. The number of hydrogen-bond acceptors (Lipinski definition) is 3. The van der Waals surface area contributed by atoms with E-state index in [1.807, 2.05) is 0 Å². The van der Waals surface area contributed by atoms with Gasteiger partial charge in [0.2, 0.25) is 0 Å². The highest BCUT2D eigenvalue weighted by Crippen LogP contribution is 2.16. The molecule has 78 valence electrons. The second-order valence-corrected chi connectivity index (χ2v) is 4.03. The van der Waals surface area contributed by atoms with Crippen molar-refractivity contribution >= 4 is 23.0 Å². The van der Waals surface area contributed by atoms with E-state index in [0.717, 1.165) is 0 Å². The first-order valence-corrected chi connectivity index (χ1v) is 5.22. The molecule has 1 amide bonds. The Labute approximate surface area is 92.7 Å². The second-order valence-electron chi connectivity index (χ2n) is 3.12. The third kappa shape index (κ3) is 2.67. The molecule has 0 aliphatic carbocycles. The molecule has 0 saturated carbocycles. The molecule has 1 heterocycles. The highest BCUT2D eigenvalue weighted by molar-refractivity contribution is 7.12. The average Bonchev–Trinajstić information content (AvgIpc) is 2.65. The second kappa shape index (κ2) is 4.76. The Morgan fingerprint density at radius 1 is 1.60 bits per heavy atom. The molecule has 4 heteroatoms. The Bertz CT molecular complexity index is 428. The molecular weight excluding hydrogens is 210 g/mol. The summed E-state index contributed by atoms with van der Waals surface area (Å²) in [6.45, 7) is 1.74. The highest BCUT2D eigenvalue weighted by atomic mass is 32.1. The predicted molar refractivity (Wildman–Crippen MR) is 60.1 cm³/mol. The fourth-order valence-corrected chi connectivity index (χ4v) is 1.97. The first-order chi connectivity index (χ1) is 7.06. The molecule has 1 rings (SSSR count). The van der Waals surface area contributed by atoms with Crippen LogP contribution < -0.4 is 0 Å². The molecule has 0 fully saturated rings. The topological polar surface area (TPSA) is 37.4 Å². The lowest BCUT2D eigenvalue weighted by molar-refractivity contribution is 0.0817. The largest absolute Gasteiger partial charge is 0.330 e. The van der Waals surface area contributed by atoms with Crippen LogP contribution in [0.3, 0.4) is 0 Å². The molecule has 0 aliphatic heterocycles. The summed E-state index contributed by atoms with van der Waals surface area (Å²) in [5.41, 5.74) is 0.567. The molecule has 1 aromatic heterocycles. The Morgan fingerprint density at radius 2 is 2.27 bits per heavy atom. The Kier molecular flexibility index (Phi) is 3.64. The van der Waals surface area contributed by atoms with Crippen LogP contribution in [0.2, 0.25) is 0 Å². The molecule has 0 saturated heterocycles. The summed E-state index contributed by atoms with van der Waals surface area (Å²) < 4.78 is 0. The minimum absolute atomic E-state index is 0.0371. The summed E-state index contributed by atoms with van der Waals surface area (Å²) >= 11 is 1.26. The van der Waals surface area contributed by atoms with Crippen molar-refractivity contribution < 1.29 is 9.59 Å². The maximum Gasteiger partial charge on any atom is 0.264 e. The summed E-state index contributed by atoms with van der Waals surface area (Å²) in [5.74, 6) is 2.21. The first-order valence-electron chi connectivity index (χ1n) is 4.34. The lowest BCUT2D eigenvalue weighted by atomic mass is 10.2. The van der Waals surface area contributed by atoms with Crippen molar-refractivity contribution in [2.24, 2.45) is 0 Å². The number of nitrogens with zero attached hydrogens (tertiary/aromatic N) is 1. The van der Waals surface area contributed by atoms with E-state index in [-0.39, 0.29) is 18.2 Å². The fourth-order valence-electron chi connectivity index (χ4n) is 1.03. The number of Topliss-reactive ketones (excluding diaryl/α,β-unsaturated/α-hetero) is 1. The van der Waals surface area contributed by atoms with Gasteiger partial charge in [0, 0.05) is 18.0 Å². The van der Waals surface area contributed by atoms with Crippen LogP contribution in [0.4, 0.5) is 0 Å². The number of ketones is 1. The van der Waals surface area contributed by atoms with Gasteiger partial charge in [-0.1, -0.05) is 5.92 Å². The fraction of sp³-hybridized carbons (Fsp3) is 0.273. The van der Waals surface area contributed by atoms with Gasteiger partial charge in [-0.05, 0) is 13.0 Å². The molecule has 0 spiro atoms. The van der Waals surface area contributed by atoms with Gasteiger partial charge in [0.1, 0.15) is 0 Å². The monoisotopic (exact) mass is 221 g/mol. The third-order valence-electron chi connectivity index (χ3n) is 1.89. The number of carbonyl (C=O) groups is 2. The van der Waals surface area contributed by atoms with Crippen LogP contribution >= 0.6 is 11.3 Å². The van der Waals surface area contributed by atoms with E-state index in [4.69, 9.17) is 6.42 Å². The Morgan fingerprint density at radius 3 is 2.73 bits per heavy atom. The van der Waals surface area contributed by atoms with Crippen LogP contribution in [0.5, 0.6) is 0 Å². The van der Waals surface area contributed by atoms with Gasteiger partial charge in [-0.2, -0.15) is 0 Å². The van der Waals surface area contributed by atoms with E-state index in [1.165, 1.54) is 23.2 Å². The lowest BCUT2D eigenvalue weighted by Crippen LogP contribution is -2.26. The predicted octanol–water partition coefficient (Wildman–Crippen LogP) is 1.66. The molecule has 0 aliphatic rings. The van der Waals surface area contributed by atoms with Crippen molar-refractivity contribution in [1.82, 2.24) is 4.90 Å². The van der Waals surface area contributed by atoms with Crippen molar-refractivity contribution in [2.75, 3.05) is 13.6 Å². The number of carbonyl (C=O) groups excluding carboxylic acids is 2. The normalized spacial score (nSPS) is 9.40. The standard InChI is InChI=1S/C11H11NO2S/c1-4-5-12(3)11(14)10-6-9(7-15-10)8(2)13/h1,6-7H,5H2,2-3H3.